The number of alkyl halides is 1. The lowest BCUT2D eigenvalue weighted by Crippen LogP contribution is -1.85. The predicted octanol–water partition coefficient (Wildman–Crippen LogP) is 3.29. The standard InChI is InChI=1S/C6H12.C3H5ClO.2H3N/c1-2-4-6-5-3-1;4-1-3-2-5-3;;/h1-6H2;3H,1-2H2;2*1H3. The van der Waals surface area contributed by atoms with Crippen LogP contribution in [0.5, 0.6) is 0 Å². The normalized spacial score (nSPS) is 24.2. The third-order valence-electron chi connectivity index (χ3n) is 2.07. The van der Waals surface area contributed by atoms with Crippen LogP contribution in [-0.2, 0) is 4.74 Å². The molecule has 13 heavy (non-hydrogen) atoms. The van der Waals surface area contributed by atoms with E-state index in [0.29, 0.717) is 12.0 Å². The molecule has 2 rings (SSSR count). The lowest BCUT2D eigenvalue weighted by atomic mass is 10.0. The third kappa shape index (κ3) is 10.1. The Kier molecular flexibility index (Phi) is 12.3. The zero-order valence-corrected chi connectivity index (χ0v) is 9.19. The summed E-state index contributed by atoms with van der Waals surface area (Å²) in [5.74, 6) is 0.667. The maximum atomic E-state index is 5.27. The third-order valence-corrected chi connectivity index (χ3v) is 2.42. The second kappa shape index (κ2) is 10.3. The van der Waals surface area contributed by atoms with Gasteiger partial charge in [0, 0.05) is 0 Å². The van der Waals surface area contributed by atoms with Crippen LogP contribution in [0.1, 0.15) is 38.5 Å². The molecule has 0 radical (unpaired) electrons. The fourth-order valence-corrected chi connectivity index (χ4v) is 1.40. The van der Waals surface area contributed by atoms with Crippen molar-refractivity contribution in [3.8, 4) is 0 Å². The zero-order chi connectivity index (χ0) is 7.94. The van der Waals surface area contributed by atoms with Gasteiger partial charge < -0.3 is 17.0 Å². The van der Waals surface area contributed by atoms with E-state index in [1.165, 1.54) is 38.5 Å². The van der Waals surface area contributed by atoms with Gasteiger partial charge in [0.15, 0.2) is 0 Å². The quantitative estimate of drug-likeness (QED) is 0.515. The van der Waals surface area contributed by atoms with Crippen LogP contribution in [0.25, 0.3) is 0 Å². The first-order valence-corrected chi connectivity index (χ1v) is 5.14. The molecular weight excluding hydrogens is 188 g/mol. The van der Waals surface area contributed by atoms with E-state index in [2.05, 4.69) is 0 Å². The Morgan fingerprint density at radius 2 is 1.23 bits per heavy atom. The van der Waals surface area contributed by atoms with Crippen LogP contribution in [0.2, 0.25) is 0 Å². The van der Waals surface area contributed by atoms with Gasteiger partial charge in [0.1, 0.15) is 0 Å². The van der Waals surface area contributed by atoms with Crippen molar-refractivity contribution in [2.24, 2.45) is 0 Å². The Balaban J connectivity index is 0. The van der Waals surface area contributed by atoms with Crippen LogP contribution in [0.15, 0.2) is 0 Å². The van der Waals surface area contributed by atoms with E-state index < -0.39 is 0 Å². The number of hydrogen-bond acceptors (Lipinski definition) is 3. The lowest BCUT2D eigenvalue weighted by Gasteiger charge is -2.05. The minimum Gasteiger partial charge on any atom is -0.372 e. The van der Waals surface area contributed by atoms with Gasteiger partial charge in [-0.2, -0.15) is 0 Å². The van der Waals surface area contributed by atoms with Gasteiger partial charge in [0.05, 0.1) is 18.6 Å². The molecule has 0 bridgehead atoms. The number of epoxide rings is 1. The summed E-state index contributed by atoms with van der Waals surface area (Å²) in [7, 11) is 0. The van der Waals surface area contributed by atoms with E-state index in [4.69, 9.17) is 16.3 Å². The molecule has 0 spiro atoms. The van der Waals surface area contributed by atoms with E-state index in [0.717, 1.165) is 6.61 Å². The maximum Gasteiger partial charge on any atom is 0.0944 e. The van der Waals surface area contributed by atoms with Crippen LogP contribution in [0.4, 0.5) is 0 Å². The molecule has 1 aliphatic heterocycles. The second-order valence-corrected chi connectivity index (χ2v) is 3.54. The molecule has 0 aromatic carbocycles. The molecule has 2 fully saturated rings. The second-order valence-electron chi connectivity index (χ2n) is 3.23. The summed E-state index contributed by atoms with van der Waals surface area (Å²) in [5, 5.41) is 0. The molecule has 1 heterocycles. The maximum absolute atomic E-state index is 5.27. The molecule has 1 aliphatic carbocycles. The van der Waals surface area contributed by atoms with E-state index in [9.17, 15) is 0 Å². The van der Waals surface area contributed by atoms with Gasteiger partial charge in [-0.25, -0.2) is 0 Å². The van der Waals surface area contributed by atoms with Crippen molar-refractivity contribution in [3.05, 3.63) is 0 Å². The molecule has 0 aromatic heterocycles. The minimum absolute atomic E-state index is 0. The number of rotatable bonds is 1. The van der Waals surface area contributed by atoms with Gasteiger partial charge >= 0.3 is 0 Å². The Morgan fingerprint density at radius 1 is 0.923 bits per heavy atom. The highest BCUT2D eigenvalue weighted by Gasteiger charge is 2.19. The van der Waals surface area contributed by atoms with Gasteiger partial charge in [-0.1, -0.05) is 38.5 Å². The molecule has 2 aliphatic rings. The van der Waals surface area contributed by atoms with E-state index in [-0.39, 0.29) is 12.3 Å². The van der Waals surface area contributed by atoms with Crippen molar-refractivity contribution >= 4 is 11.6 Å². The van der Waals surface area contributed by atoms with Gasteiger partial charge in [0.2, 0.25) is 0 Å². The molecule has 1 atom stereocenters. The average Bonchev–Trinajstić information content (AvgIpc) is 2.91. The van der Waals surface area contributed by atoms with Crippen molar-refractivity contribution < 1.29 is 4.74 Å². The van der Waals surface area contributed by atoms with E-state index in [1.807, 2.05) is 0 Å². The first-order chi connectivity index (χ1) is 5.43. The van der Waals surface area contributed by atoms with Crippen LogP contribution in [0.3, 0.4) is 0 Å². The molecule has 1 unspecified atom stereocenters. The molecule has 4 heteroatoms. The van der Waals surface area contributed by atoms with Crippen molar-refractivity contribution in [1.82, 2.24) is 12.3 Å². The predicted molar refractivity (Wildman–Crippen MR) is 58.2 cm³/mol. The van der Waals surface area contributed by atoms with E-state index >= 15 is 0 Å². The minimum atomic E-state index is 0. The fourth-order valence-electron chi connectivity index (χ4n) is 1.22. The Bertz CT molecular complexity index is 84.1. The summed E-state index contributed by atoms with van der Waals surface area (Å²) < 4.78 is 4.73. The van der Waals surface area contributed by atoms with Crippen molar-refractivity contribution in [2.75, 3.05) is 12.5 Å². The fraction of sp³-hybridized carbons (Fsp3) is 1.00. The zero-order valence-electron chi connectivity index (χ0n) is 8.43. The summed E-state index contributed by atoms with van der Waals surface area (Å²) in [5.41, 5.74) is 0. The van der Waals surface area contributed by atoms with Gasteiger partial charge in [0.25, 0.3) is 0 Å². The van der Waals surface area contributed by atoms with Gasteiger partial charge in [-0.05, 0) is 0 Å². The SMILES string of the molecule is C1CCCCC1.ClCC1CO1.N.N. The average molecular weight is 211 g/mol. The van der Waals surface area contributed by atoms with Crippen LogP contribution in [-0.4, -0.2) is 18.6 Å². The molecule has 6 N–H and O–H groups in total. The van der Waals surface area contributed by atoms with Crippen LogP contribution >= 0.6 is 11.6 Å². The summed E-state index contributed by atoms with van der Waals surface area (Å²) in [6.07, 6.45) is 9.40. The molecule has 1 saturated heterocycles. The molecule has 0 aromatic rings. The number of ether oxygens (including phenoxy) is 1. The monoisotopic (exact) mass is 210 g/mol. The topological polar surface area (TPSA) is 82.5 Å². The van der Waals surface area contributed by atoms with Crippen molar-refractivity contribution in [3.63, 3.8) is 0 Å². The number of hydrogen-bond donors (Lipinski definition) is 2. The molecular formula is C9H23ClN2O. The summed E-state index contributed by atoms with van der Waals surface area (Å²) in [6, 6.07) is 0. The first kappa shape index (κ1) is 15.6. The molecule has 1 saturated carbocycles. The summed E-state index contributed by atoms with van der Waals surface area (Å²) in [4.78, 5) is 0. The number of halogens is 1. The largest absolute Gasteiger partial charge is 0.372 e. The Labute approximate surface area is 86.3 Å². The highest BCUT2D eigenvalue weighted by atomic mass is 35.5. The van der Waals surface area contributed by atoms with E-state index in [1.54, 1.807) is 0 Å². The molecule has 0 amide bonds. The Morgan fingerprint density at radius 3 is 1.31 bits per heavy atom. The highest BCUT2D eigenvalue weighted by molar-refractivity contribution is 6.18. The van der Waals surface area contributed by atoms with Gasteiger partial charge in [-0.3, -0.25) is 0 Å². The lowest BCUT2D eigenvalue weighted by molar-refractivity contribution is 0.425. The summed E-state index contributed by atoms with van der Waals surface area (Å²) in [6.45, 7) is 0.878. The van der Waals surface area contributed by atoms with Gasteiger partial charge in [-0.15, -0.1) is 11.6 Å². The summed E-state index contributed by atoms with van der Waals surface area (Å²) >= 11 is 5.27. The van der Waals surface area contributed by atoms with Crippen LogP contribution < -0.4 is 12.3 Å². The first-order valence-electron chi connectivity index (χ1n) is 4.61. The smallest absolute Gasteiger partial charge is 0.0944 e. The van der Waals surface area contributed by atoms with Crippen molar-refractivity contribution in [2.45, 2.75) is 44.6 Å². The highest BCUT2D eigenvalue weighted by Crippen LogP contribution is 2.15. The molecule has 3 nitrogen and oxygen atoms in total. The Hall–Kier alpha value is 0.170. The van der Waals surface area contributed by atoms with Crippen LogP contribution in [0, 0.1) is 0 Å². The van der Waals surface area contributed by atoms with Crippen molar-refractivity contribution in [1.29, 1.82) is 0 Å². The molecule has 82 valence electrons.